The number of thioether (sulfide) groups is 1. The summed E-state index contributed by atoms with van der Waals surface area (Å²) in [6, 6.07) is 6.02. The first-order valence-corrected chi connectivity index (χ1v) is 9.49. The fraction of sp³-hybridized carbons (Fsp3) is 0.188. The van der Waals surface area contributed by atoms with Crippen molar-refractivity contribution >= 4 is 33.3 Å². The Labute approximate surface area is 155 Å². The average molecular weight is 388 g/mol. The van der Waals surface area contributed by atoms with Gasteiger partial charge in [0.05, 0.1) is 16.8 Å². The van der Waals surface area contributed by atoms with Gasteiger partial charge in [0.15, 0.2) is 0 Å². The van der Waals surface area contributed by atoms with Crippen molar-refractivity contribution in [2.24, 2.45) is 0 Å². The number of benzene rings is 1. The minimum absolute atomic E-state index is 0.142. The van der Waals surface area contributed by atoms with Crippen molar-refractivity contribution in [1.29, 1.82) is 0 Å². The third kappa shape index (κ3) is 3.01. The Hall–Kier alpha value is -2.59. The van der Waals surface area contributed by atoms with Crippen molar-refractivity contribution in [1.82, 2.24) is 30.2 Å². The number of tetrazole rings is 1. The Morgan fingerprint density at radius 2 is 2.19 bits per heavy atom. The van der Waals surface area contributed by atoms with Gasteiger partial charge in [0.1, 0.15) is 16.5 Å². The summed E-state index contributed by atoms with van der Waals surface area (Å²) in [6.45, 7) is 3.90. The third-order valence-corrected chi connectivity index (χ3v) is 5.95. The summed E-state index contributed by atoms with van der Waals surface area (Å²) < 4.78 is 14.9. The Balaban J connectivity index is 1.62. The summed E-state index contributed by atoms with van der Waals surface area (Å²) in [7, 11) is 0. The molecular formula is C16H13FN6OS2. The Morgan fingerprint density at radius 3 is 3.00 bits per heavy atom. The van der Waals surface area contributed by atoms with Gasteiger partial charge in [0.2, 0.25) is 5.16 Å². The summed E-state index contributed by atoms with van der Waals surface area (Å²) in [5.41, 5.74) is 1.35. The van der Waals surface area contributed by atoms with Crippen molar-refractivity contribution in [3.8, 4) is 5.69 Å². The zero-order chi connectivity index (χ0) is 18.3. The Bertz CT molecular complexity index is 1170. The van der Waals surface area contributed by atoms with Crippen LogP contribution in [0.4, 0.5) is 4.39 Å². The fourth-order valence-electron chi connectivity index (χ4n) is 2.54. The lowest BCUT2D eigenvalue weighted by molar-refractivity contribution is 0.623. The predicted molar refractivity (Wildman–Crippen MR) is 98.4 cm³/mol. The van der Waals surface area contributed by atoms with Crippen LogP contribution in [0.5, 0.6) is 0 Å². The van der Waals surface area contributed by atoms with Crippen LogP contribution in [0.2, 0.25) is 0 Å². The van der Waals surface area contributed by atoms with Crippen LogP contribution in [0.15, 0.2) is 34.2 Å². The lowest BCUT2D eigenvalue weighted by Crippen LogP contribution is -2.11. The van der Waals surface area contributed by atoms with E-state index in [1.54, 1.807) is 12.1 Å². The standard InChI is InChI=1S/C16H13FN6OS2/c1-8-9(2)26-15-13(8)14(24)18-12(19-15)7-25-16-20-21-22-23(16)11-5-3-4-10(17)6-11/h3-6H,7H2,1-2H3,(H,18,19,24). The molecule has 0 aliphatic heterocycles. The van der Waals surface area contributed by atoms with E-state index in [2.05, 4.69) is 25.5 Å². The van der Waals surface area contributed by atoms with E-state index in [-0.39, 0.29) is 11.4 Å². The maximum absolute atomic E-state index is 13.4. The lowest BCUT2D eigenvalue weighted by atomic mass is 10.2. The SMILES string of the molecule is Cc1sc2nc(CSc3nnnn3-c3cccc(F)c3)[nH]c(=O)c2c1C. The molecule has 1 aromatic carbocycles. The van der Waals surface area contributed by atoms with E-state index < -0.39 is 0 Å². The zero-order valence-electron chi connectivity index (χ0n) is 13.9. The van der Waals surface area contributed by atoms with Gasteiger partial charge in [-0.25, -0.2) is 9.37 Å². The van der Waals surface area contributed by atoms with E-state index in [4.69, 9.17) is 0 Å². The first-order valence-electron chi connectivity index (χ1n) is 7.69. The largest absolute Gasteiger partial charge is 0.309 e. The van der Waals surface area contributed by atoms with E-state index in [0.29, 0.717) is 27.8 Å². The highest BCUT2D eigenvalue weighted by Gasteiger charge is 2.14. The van der Waals surface area contributed by atoms with Crippen LogP contribution in [0.1, 0.15) is 16.3 Å². The van der Waals surface area contributed by atoms with Gasteiger partial charge in [-0.1, -0.05) is 17.8 Å². The molecule has 4 aromatic rings. The normalized spacial score (nSPS) is 11.3. The zero-order valence-corrected chi connectivity index (χ0v) is 15.5. The summed E-state index contributed by atoms with van der Waals surface area (Å²) >= 11 is 2.82. The maximum Gasteiger partial charge on any atom is 0.259 e. The number of aromatic nitrogens is 6. The Morgan fingerprint density at radius 1 is 1.35 bits per heavy atom. The number of aryl methyl sites for hydroxylation is 2. The quantitative estimate of drug-likeness (QED) is 0.541. The molecular weight excluding hydrogens is 375 g/mol. The number of H-pyrrole nitrogens is 1. The number of hydrogen-bond acceptors (Lipinski definition) is 7. The monoisotopic (exact) mass is 388 g/mol. The van der Waals surface area contributed by atoms with Crippen LogP contribution in [-0.2, 0) is 5.75 Å². The van der Waals surface area contributed by atoms with Gasteiger partial charge in [-0.05, 0) is 48.0 Å². The summed E-state index contributed by atoms with van der Waals surface area (Å²) in [4.78, 5) is 21.5. The molecule has 0 bridgehead atoms. The molecule has 7 nitrogen and oxygen atoms in total. The molecule has 4 rings (SSSR count). The van der Waals surface area contributed by atoms with Crippen LogP contribution >= 0.6 is 23.1 Å². The number of hydrogen-bond donors (Lipinski definition) is 1. The van der Waals surface area contributed by atoms with Crippen LogP contribution in [-0.4, -0.2) is 30.2 Å². The highest BCUT2D eigenvalue weighted by atomic mass is 32.2. The van der Waals surface area contributed by atoms with Crippen molar-refractivity contribution < 1.29 is 4.39 Å². The van der Waals surface area contributed by atoms with E-state index in [9.17, 15) is 9.18 Å². The number of aromatic amines is 1. The summed E-state index contributed by atoms with van der Waals surface area (Å²) in [5, 5.41) is 12.6. The number of thiophene rings is 1. The smallest absolute Gasteiger partial charge is 0.259 e. The number of halogens is 1. The van der Waals surface area contributed by atoms with Gasteiger partial charge in [-0.2, -0.15) is 4.68 Å². The minimum atomic E-state index is -0.367. The highest BCUT2D eigenvalue weighted by Crippen LogP contribution is 2.27. The molecule has 0 fully saturated rings. The topological polar surface area (TPSA) is 89.3 Å². The van der Waals surface area contributed by atoms with Gasteiger partial charge < -0.3 is 4.98 Å². The van der Waals surface area contributed by atoms with Gasteiger partial charge in [-0.15, -0.1) is 16.4 Å². The summed E-state index contributed by atoms with van der Waals surface area (Å²) in [6.07, 6.45) is 0. The molecule has 0 unspecified atom stereocenters. The van der Waals surface area contributed by atoms with Crippen LogP contribution < -0.4 is 5.56 Å². The molecule has 0 saturated heterocycles. The van der Waals surface area contributed by atoms with Crippen molar-refractivity contribution in [2.75, 3.05) is 0 Å². The van der Waals surface area contributed by atoms with Crippen molar-refractivity contribution in [3.63, 3.8) is 0 Å². The molecule has 0 aliphatic carbocycles. The molecule has 3 aromatic heterocycles. The first-order chi connectivity index (χ1) is 12.5. The molecule has 26 heavy (non-hydrogen) atoms. The van der Waals surface area contributed by atoms with E-state index in [1.165, 1.54) is 39.9 Å². The lowest BCUT2D eigenvalue weighted by Gasteiger charge is -2.04. The molecule has 0 saturated carbocycles. The molecule has 3 heterocycles. The molecule has 10 heteroatoms. The van der Waals surface area contributed by atoms with Crippen LogP contribution in [0, 0.1) is 19.7 Å². The molecule has 1 N–H and O–H groups in total. The third-order valence-electron chi connectivity index (χ3n) is 3.92. The fourth-order valence-corrected chi connectivity index (χ4v) is 4.35. The molecule has 0 amide bonds. The van der Waals surface area contributed by atoms with Gasteiger partial charge >= 0.3 is 0 Å². The van der Waals surface area contributed by atoms with E-state index in [1.807, 2.05) is 13.8 Å². The van der Waals surface area contributed by atoms with Crippen LogP contribution in [0.3, 0.4) is 0 Å². The Kier molecular flexibility index (Phi) is 4.29. The molecule has 0 atom stereocenters. The van der Waals surface area contributed by atoms with Gasteiger partial charge in [-0.3, -0.25) is 4.79 Å². The minimum Gasteiger partial charge on any atom is -0.309 e. The van der Waals surface area contributed by atoms with Gasteiger partial charge in [0.25, 0.3) is 5.56 Å². The second kappa shape index (κ2) is 6.61. The van der Waals surface area contributed by atoms with Crippen LogP contribution in [0.25, 0.3) is 15.9 Å². The first kappa shape index (κ1) is 16.9. The van der Waals surface area contributed by atoms with Crippen molar-refractivity contribution in [3.05, 3.63) is 56.7 Å². The van der Waals surface area contributed by atoms with E-state index >= 15 is 0 Å². The highest BCUT2D eigenvalue weighted by molar-refractivity contribution is 7.98. The number of nitrogens with zero attached hydrogens (tertiary/aromatic N) is 5. The summed E-state index contributed by atoms with van der Waals surface area (Å²) in [5.74, 6) is 0.563. The maximum atomic E-state index is 13.4. The predicted octanol–water partition coefficient (Wildman–Crippen LogP) is 3.01. The second-order valence-corrected chi connectivity index (χ2v) is 7.76. The number of fused-ring (bicyclic) bond motifs is 1. The number of rotatable bonds is 4. The van der Waals surface area contributed by atoms with Gasteiger partial charge in [0, 0.05) is 4.88 Å². The second-order valence-electron chi connectivity index (χ2n) is 5.62. The number of nitrogens with one attached hydrogen (secondary N) is 1. The molecule has 0 aliphatic rings. The average Bonchev–Trinajstić information content (AvgIpc) is 3.18. The molecule has 0 radical (unpaired) electrons. The van der Waals surface area contributed by atoms with E-state index in [0.717, 1.165) is 15.3 Å². The molecule has 0 spiro atoms. The van der Waals surface area contributed by atoms with Crippen molar-refractivity contribution in [2.45, 2.75) is 24.8 Å². The molecule has 132 valence electrons.